The summed E-state index contributed by atoms with van der Waals surface area (Å²) in [4.78, 5) is 12.3. The number of rotatable bonds is 7. The van der Waals surface area contributed by atoms with Crippen molar-refractivity contribution in [3.63, 3.8) is 0 Å². The van der Waals surface area contributed by atoms with Crippen LogP contribution in [0.4, 0.5) is 11.4 Å². The Labute approximate surface area is 153 Å². The molecular weight excluding hydrogens is 324 g/mol. The van der Waals surface area contributed by atoms with Crippen LogP contribution < -0.4 is 15.4 Å². The first-order valence-corrected chi connectivity index (χ1v) is 8.55. The van der Waals surface area contributed by atoms with Gasteiger partial charge in [0.05, 0.1) is 19.3 Å². The average Bonchev–Trinajstić information content (AvgIpc) is 2.68. The number of ether oxygens (including phenoxy) is 1. The van der Waals surface area contributed by atoms with E-state index in [1.54, 1.807) is 7.11 Å². The molecule has 26 heavy (non-hydrogen) atoms. The first kappa shape index (κ1) is 17.5. The lowest BCUT2D eigenvalue weighted by Gasteiger charge is -2.13. The zero-order chi connectivity index (χ0) is 18.2. The molecular formula is C22H22N2O2. The third-order valence-corrected chi connectivity index (χ3v) is 4.08. The number of methoxy groups -OCH3 is 1. The third-order valence-electron chi connectivity index (χ3n) is 4.08. The molecule has 2 N–H and O–H groups in total. The second-order valence-corrected chi connectivity index (χ2v) is 5.92. The van der Waals surface area contributed by atoms with Gasteiger partial charge >= 0.3 is 0 Å². The van der Waals surface area contributed by atoms with Gasteiger partial charge in [-0.15, -0.1) is 0 Å². The highest BCUT2D eigenvalue weighted by Crippen LogP contribution is 2.23. The standard InChI is InChI=1S/C22H22N2O2/c1-26-21-14-8-7-13-20(21)24-22(25)16-23-19-12-6-5-11-18(19)15-17-9-3-2-4-10-17/h2-14,23H,15-16H2,1H3,(H,24,25). The highest BCUT2D eigenvalue weighted by atomic mass is 16.5. The maximum Gasteiger partial charge on any atom is 0.243 e. The van der Waals surface area contributed by atoms with Crippen LogP contribution in [0.5, 0.6) is 5.75 Å². The summed E-state index contributed by atoms with van der Waals surface area (Å²) in [6.07, 6.45) is 0.818. The fourth-order valence-corrected chi connectivity index (χ4v) is 2.78. The van der Waals surface area contributed by atoms with Gasteiger partial charge in [-0.1, -0.05) is 60.7 Å². The molecule has 0 heterocycles. The lowest BCUT2D eigenvalue weighted by atomic mass is 10.0. The fraction of sp³-hybridized carbons (Fsp3) is 0.136. The van der Waals surface area contributed by atoms with Gasteiger partial charge in [-0.3, -0.25) is 4.79 Å². The van der Waals surface area contributed by atoms with Crippen LogP contribution in [-0.4, -0.2) is 19.6 Å². The van der Waals surface area contributed by atoms with Crippen molar-refractivity contribution in [2.45, 2.75) is 6.42 Å². The number of amides is 1. The average molecular weight is 346 g/mol. The van der Waals surface area contributed by atoms with E-state index in [0.29, 0.717) is 11.4 Å². The summed E-state index contributed by atoms with van der Waals surface area (Å²) in [5.74, 6) is 0.523. The molecule has 1 amide bonds. The van der Waals surface area contributed by atoms with Crippen molar-refractivity contribution in [3.05, 3.63) is 90.0 Å². The predicted octanol–water partition coefficient (Wildman–Crippen LogP) is 4.34. The lowest BCUT2D eigenvalue weighted by Crippen LogP contribution is -2.22. The van der Waals surface area contributed by atoms with Gasteiger partial charge in [0.2, 0.25) is 5.91 Å². The second kappa shape index (κ2) is 8.72. The van der Waals surface area contributed by atoms with Gasteiger partial charge < -0.3 is 15.4 Å². The lowest BCUT2D eigenvalue weighted by molar-refractivity contribution is -0.114. The molecule has 3 rings (SSSR count). The Bertz CT molecular complexity index is 863. The Balaban J connectivity index is 1.63. The number of anilines is 2. The minimum Gasteiger partial charge on any atom is -0.495 e. The van der Waals surface area contributed by atoms with Crippen molar-refractivity contribution in [2.75, 3.05) is 24.3 Å². The number of hydrogen-bond acceptors (Lipinski definition) is 3. The van der Waals surface area contributed by atoms with E-state index in [0.717, 1.165) is 17.7 Å². The van der Waals surface area contributed by atoms with Gasteiger partial charge in [0, 0.05) is 5.69 Å². The molecule has 0 unspecified atom stereocenters. The summed E-state index contributed by atoms with van der Waals surface area (Å²) in [7, 11) is 1.59. The maximum atomic E-state index is 12.3. The molecule has 0 aliphatic heterocycles. The molecule has 0 radical (unpaired) electrons. The largest absolute Gasteiger partial charge is 0.495 e. The van der Waals surface area contributed by atoms with Crippen LogP contribution in [0.2, 0.25) is 0 Å². The van der Waals surface area contributed by atoms with E-state index in [1.165, 1.54) is 5.56 Å². The van der Waals surface area contributed by atoms with Crippen molar-refractivity contribution < 1.29 is 9.53 Å². The molecule has 0 bridgehead atoms. The first-order valence-electron chi connectivity index (χ1n) is 8.55. The molecule has 3 aromatic carbocycles. The second-order valence-electron chi connectivity index (χ2n) is 5.92. The number of para-hydroxylation sites is 3. The van der Waals surface area contributed by atoms with Crippen LogP contribution in [-0.2, 0) is 11.2 Å². The molecule has 0 atom stereocenters. The smallest absolute Gasteiger partial charge is 0.243 e. The Morgan fingerprint density at radius 1 is 0.846 bits per heavy atom. The molecule has 4 heteroatoms. The maximum absolute atomic E-state index is 12.3. The van der Waals surface area contributed by atoms with E-state index in [4.69, 9.17) is 4.74 Å². The van der Waals surface area contributed by atoms with E-state index >= 15 is 0 Å². The summed E-state index contributed by atoms with van der Waals surface area (Å²) >= 11 is 0. The van der Waals surface area contributed by atoms with Crippen LogP contribution in [0.1, 0.15) is 11.1 Å². The molecule has 0 saturated heterocycles. The highest BCUT2D eigenvalue weighted by molar-refractivity contribution is 5.95. The van der Waals surface area contributed by atoms with Crippen molar-refractivity contribution in [2.24, 2.45) is 0 Å². The van der Waals surface area contributed by atoms with E-state index in [9.17, 15) is 4.79 Å². The molecule has 0 aliphatic rings. The van der Waals surface area contributed by atoms with Gasteiger partial charge in [0.15, 0.2) is 0 Å². The predicted molar refractivity (Wildman–Crippen MR) is 106 cm³/mol. The summed E-state index contributed by atoms with van der Waals surface area (Å²) in [5, 5.41) is 6.11. The molecule has 3 aromatic rings. The summed E-state index contributed by atoms with van der Waals surface area (Å²) < 4.78 is 5.26. The van der Waals surface area contributed by atoms with Crippen molar-refractivity contribution in [1.29, 1.82) is 0 Å². The van der Waals surface area contributed by atoms with Gasteiger partial charge in [-0.25, -0.2) is 0 Å². The number of hydrogen-bond donors (Lipinski definition) is 2. The highest BCUT2D eigenvalue weighted by Gasteiger charge is 2.08. The molecule has 0 fully saturated rings. The molecule has 0 aromatic heterocycles. The monoisotopic (exact) mass is 346 g/mol. The van der Waals surface area contributed by atoms with Gasteiger partial charge in [-0.2, -0.15) is 0 Å². The quantitative estimate of drug-likeness (QED) is 0.669. The van der Waals surface area contributed by atoms with E-state index in [2.05, 4.69) is 28.8 Å². The van der Waals surface area contributed by atoms with E-state index in [-0.39, 0.29) is 12.5 Å². The minimum atomic E-state index is -0.121. The number of carbonyl (C=O) groups is 1. The van der Waals surface area contributed by atoms with E-state index in [1.807, 2.05) is 60.7 Å². The Kier molecular flexibility index (Phi) is 5.88. The Morgan fingerprint density at radius 2 is 1.50 bits per heavy atom. The number of benzene rings is 3. The normalized spacial score (nSPS) is 10.2. The fourth-order valence-electron chi connectivity index (χ4n) is 2.78. The summed E-state index contributed by atoms with van der Waals surface area (Å²) in [5.41, 5.74) is 4.02. The zero-order valence-electron chi connectivity index (χ0n) is 14.7. The minimum absolute atomic E-state index is 0.121. The molecule has 0 spiro atoms. The van der Waals surface area contributed by atoms with Crippen molar-refractivity contribution in [1.82, 2.24) is 0 Å². The van der Waals surface area contributed by atoms with Gasteiger partial charge in [0.25, 0.3) is 0 Å². The van der Waals surface area contributed by atoms with Crippen LogP contribution in [0.25, 0.3) is 0 Å². The van der Waals surface area contributed by atoms with Crippen LogP contribution in [0, 0.1) is 0 Å². The summed E-state index contributed by atoms with van der Waals surface area (Å²) in [6, 6.07) is 25.7. The Morgan fingerprint density at radius 3 is 2.27 bits per heavy atom. The summed E-state index contributed by atoms with van der Waals surface area (Å²) in [6.45, 7) is 0.184. The SMILES string of the molecule is COc1ccccc1NC(=O)CNc1ccccc1Cc1ccccc1. The van der Waals surface area contributed by atoms with Crippen LogP contribution >= 0.6 is 0 Å². The number of nitrogens with one attached hydrogen (secondary N) is 2. The molecule has 132 valence electrons. The first-order chi connectivity index (χ1) is 12.8. The van der Waals surface area contributed by atoms with Crippen LogP contribution in [0.3, 0.4) is 0 Å². The topological polar surface area (TPSA) is 50.4 Å². The van der Waals surface area contributed by atoms with Crippen molar-refractivity contribution >= 4 is 17.3 Å². The van der Waals surface area contributed by atoms with Crippen molar-refractivity contribution in [3.8, 4) is 5.75 Å². The Hall–Kier alpha value is -3.27. The third kappa shape index (κ3) is 4.63. The van der Waals surface area contributed by atoms with Gasteiger partial charge in [0.1, 0.15) is 5.75 Å². The van der Waals surface area contributed by atoms with E-state index < -0.39 is 0 Å². The van der Waals surface area contributed by atoms with Gasteiger partial charge in [-0.05, 0) is 35.7 Å². The molecule has 0 saturated carbocycles. The van der Waals surface area contributed by atoms with Crippen LogP contribution in [0.15, 0.2) is 78.9 Å². The number of carbonyl (C=O) groups excluding carboxylic acids is 1. The molecule has 0 aliphatic carbocycles. The zero-order valence-corrected chi connectivity index (χ0v) is 14.7. The molecule has 4 nitrogen and oxygen atoms in total.